The number of nitrogens with zero attached hydrogens (tertiary/aromatic N) is 4. The zero-order valence-corrected chi connectivity index (χ0v) is 14.0. The van der Waals surface area contributed by atoms with Crippen molar-refractivity contribution in [3.8, 4) is 0 Å². The molecule has 0 bridgehead atoms. The number of aromatic nitrogens is 3. The molecule has 1 amide bonds. The normalized spacial score (nSPS) is 14.3. The van der Waals surface area contributed by atoms with Crippen LogP contribution in [0, 0.1) is 13.8 Å². The number of carbonyl (C=O) groups is 1. The maximum absolute atomic E-state index is 12.3. The fourth-order valence-corrected chi connectivity index (χ4v) is 3.03. The summed E-state index contributed by atoms with van der Waals surface area (Å²) in [5, 5.41) is 7.26. The van der Waals surface area contributed by atoms with Crippen molar-refractivity contribution in [1.29, 1.82) is 0 Å². The third-order valence-electron chi connectivity index (χ3n) is 4.46. The summed E-state index contributed by atoms with van der Waals surface area (Å²) in [5.74, 6) is 0.944. The van der Waals surface area contributed by atoms with Gasteiger partial charge in [-0.05, 0) is 38.8 Å². The Morgan fingerprint density at radius 1 is 1.26 bits per heavy atom. The minimum absolute atomic E-state index is 0.0417. The minimum Gasteiger partial charge on any atom is -0.357 e. The quantitative estimate of drug-likeness (QED) is 0.940. The van der Waals surface area contributed by atoms with Gasteiger partial charge in [-0.3, -0.25) is 9.48 Å². The molecule has 0 radical (unpaired) electrons. The van der Waals surface area contributed by atoms with Crippen LogP contribution in [0.15, 0.2) is 18.3 Å². The Kier molecular flexibility index (Phi) is 4.32. The van der Waals surface area contributed by atoms with Gasteiger partial charge in [0.2, 0.25) is 5.91 Å². The van der Waals surface area contributed by atoms with Crippen molar-refractivity contribution in [3.63, 3.8) is 0 Å². The second-order valence-electron chi connectivity index (χ2n) is 6.10. The van der Waals surface area contributed by atoms with Crippen molar-refractivity contribution in [2.24, 2.45) is 7.05 Å². The molecule has 6 heteroatoms. The Hall–Kier alpha value is -2.37. The zero-order chi connectivity index (χ0) is 16.4. The molecule has 0 unspecified atom stereocenters. The molecular formula is C17H23N5O. The molecule has 2 aromatic rings. The first kappa shape index (κ1) is 15.5. The largest absolute Gasteiger partial charge is 0.357 e. The summed E-state index contributed by atoms with van der Waals surface area (Å²) in [6.45, 7) is 6.05. The molecular weight excluding hydrogens is 290 g/mol. The van der Waals surface area contributed by atoms with Gasteiger partial charge in [0.25, 0.3) is 0 Å². The molecule has 3 heterocycles. The predicted molar refractivity (Wildman–Crippen MR) is 90.7 cm³/mol. The highest BCUT2D eigenvalue weighted by atomic mass is 16.1. The van der Waals surface area contributed by atoms with Crippen LogP contribution in [0.4, 0.5) is 11.5 Å². The summed E-state index contributed by atoms with van der Waals surface area (Å²) >= 11 is 0. The molecule has 1 N–H and O–H groups in total. The van der Waals surface area contributed by atoms with Crippen LogP contribution in [0.3, 0.4) is 0 Å². The number of carbonyl (C=O) groups excluding carboxylic acids is 1. The van der Waals surface area contributed by atoms with Gasteiger partial charge in [-0.25, -0.2) is 4.98 Å². The lowest BCUT2D eigenvalue weighted by Crippen LogP contribution is -2.19. The summed E-state index contributed by atoms with van der Waals surface area (Å²) in [5.41, 5.74) is 3.66. The van der Waals surface area contributed by atoms with Gasteiger partial charge < -0.3 is 10.2 Å². The van der Waals surface area contributed by atoms with Gasteiger partial charge in [-0.1, -0.05) is 0 Å². The second-order valence-corrected chi connectivity index (χ2v) is 6.10. The summed E-state index contributed by atoms with van der Waals surface area (Å²) < 4.78 is 1.81. The van der Waals surface area contributed by atoms with Crippen LogP contribution in [-0.2, 0) is 18.3 Å². The van der Waals surface area contributed by atoms with Crippen LogP contribution in [0.1, 0.15) is 29.8 Å². The Morgan fingerprint density at radius 2 is 2.00 bits per heavy atom. The SMILES string of the molecule is Cc1nn(C)c(C)c1CC(=O)Nc1ccc(N2CCCC2)nc1. The molecule has 0 spiro atoms. The summed E-state index contributed by atoms with van der Waals surface area (Å²) in [6.07, 6.45) is 4.52. The lowest BCUT2D eigenvalue weighted by Gasteiger charge is -2.16. The Labute approximate surface area is 136 Å². The fraction of sp³-hybridized carbons (Fsp3) is 0.471. The number of hydrogen-bond donors (Lipinski definition) is 1. The maximum Gasteiger partial charge on any atom is 0.228 e. The van der Waals surface area contributed by atoms with Crippen LogP contribution >= 0.6 is 0 Å². The van der Waals surface area contributed by atoms with Crippen molar-refractivity contribution in [2.45, 2.75) is 33.1 Å². The molecule has 2 aromatic heterocycles. The summed E-state index contributed by atoms with van der Waals surface area (Å²) in [6, 6.07) is 3.89. The highest BCUT2D eigenvalue weighted by Crippen LogP contribution is 2.19. The molecule has 1 aliphatic rings. The molecule has 23 heavy (non-hydrogen) atoms. The number of amides is 1. The van der Waals surface area contributed by atoms with Crippen molar-refractivity contribution >= 4 is 17.4 Å². The standard InChI is InChI=1S/C17H23N5O/c1-12-15(13(2)21(3)20-12)10-17(23)19-14-6-7-16(18-11-14)22-8-4-5-9-22/h6-7,11H,4-5,8-10H2,1-3H3,(H,19,23). The van der Waals surface area contributed by atoms with E-state index >= 15 is 0 Å². The second kappa shape index (κ2) is 6.40. The van der Waals surface area contributed by atoms with E-state index in [0.717, 1.165) is 41.5 Å². The molecule has 0 atom stereocenters. The number of nitrogens with one attached hydrogen (secondary N) is 1. The van der Waals surface area contributed by atoms with Crippen molar-refractivity contribution in [2.75, 3.05) is 23.3 Å². The Morgan fingerprint density at radius 3 is 2.57 bits per heavy atom. The van der Waals surface area contributed by atoms with Crippen LogP contribution in [0.25, 0.3) is 0 Å². The number of rotatable bonds is 4. The van der Waals surface area contributed by atoms with E-state index in [1.807, 2.05) is 37.7 Å². The van der Waals surface area contributed by atoms with E-state index in [1.165, 1.54) is 12.8 Å². The predicted octanol–water partition coefficient (Wildman–Crippen LogP) is 2.21. The third kappa shape index (κ3) is 3.36. The van der Waals surface area contributed by atoms with Gasteiger partial charge in [0.1, 0.15) is 5.82 Å². The average Bonchev–Trinajstić information content (AvgIpc) is 3.13. The van der Waals surface area contributed by atoms with Crippen molar-refractivity contribution < 1.29 is 4.79 Å². The molecule has 1 saturated heterocycles. The number of hydrogen-bond acceptors (Lipinski definition) is 4. The van der Waals surface area contributed by atoms with Crippen LogP contribution in [-0.4, -0.2) is 33.8 Å². The number of aryl methyl sites for hydroxylation is 2. The lowest BCUT2D eigenvalue weighted by atomic mass is 10.1. The Balaban J connectivity index is 1.63. The van der Waals surface area contributed by atoms with Crippen molar-refractivity contribution in [1.82, 2.24) is 14.8 Å². The highest BCUT2D eigenvalue weighted by Gasteiger charge is 2.15. The fourth-order valence-electron chi connectivity index (χ4n) is 3.03. The molecule has 3 rings (SSSR count). The minimum atomic E-state index is -0.0417. The lowest BCUT2D eigenvalue weighted by molar-refractivity contribution is -0.115. The molecule has 6 nitrogen and oxygen atoms in total. The van der Waals surface area contributed by atoms with Gasteiger partial charge in [0.05, 0.1) is 24.0 Å². The molecule has 122 valence electrons. The van der Waals surface area contributed by atoms with Crippen LogP contribution in [0.5, 0.6) is 0 Å². The molecule has 1 aliphatic heterocycles. The third-order valence-corrected chi connectivity index (χ3v) is 4.46. The molecule has 0 aromatic carbocycles. The van der Waals surface area contributed by atoms with Crippen LogP contribution < -0.4 is 10.2 Å². The smallest absolute Gasteiger partial charge is 0.228 e. The molecule has 0 aliphatic carbocycles. The van der Waals surface area contributed by atoms with Gasteiger partial charge in [0.15, 0.2) is 0 Å². The van der Waals surface area contributed by atoms with Crippen LogP contribution in [0.2, 0.25) is 0 Å². The average molecular weight is 313 g/mol. The van der Waals surface area contributed by atoms with E-state index in [0.29, 0.717) is 6.42 Å². The van der Waals surface area contributed by atoms with Gasteiger partial charge in [-0.2, -0.15) is 5.10 Å². The maximum atomic E-state index is 12.3. The first-order chi connectivity index (χ1) is 11.0. The molecule has 1 fully saturated rings. The number of pyridine rings is 1. The number of anilines is 2. The molecule has 0 saturated carbocycles. The first-order valence-corrected chi connectivity index (χ1v) is 8.04. The van der Waals surface area contributed by atoms with E-state index < -0.39 is 0 Å². The topological polar surface area (TPSA) is 63.1 Å². The van der Waals surface area contributed by atoms with E-state index in [2.05, 4.69) is 20.3 Å². The monoisotopic (exact) mass is 313 g/mol. The highest BCUT2D eigenvalue weighted by molar-refractivity contribution is 5.92. The zero-order valence-electron chi connectivity index (χ0n) is 14.0. The van der Waals surface area contributed by atoms with E-state index in [4.69, 9.17) is 0 Å². The van der Waals surface area contributed by atoms with E-state index in [9.17, 15) is 4.79 Å². The summed E-state index contributed by atoms with van der Waals surface area (Å²) in [4.78, 5) is 19.0. The first-order valence-electron chi connectivity index (χ1n) is 8.04. The Bertz CT molecular complexity index is 699. The van der Waals surface area contributed by atoms with E-state index in [1.54, 1.807) is 6.20 Å². The van der Waals surface area contributed by atoms with Gasteiger partial charge >= 0.3 is 0 Å². The summed E-state index contributed by atoms with van der Waals surface area (Å²) in [7, 11) is 1.89. The van der Waals surface area contributed by atoms with Gasteiger partial charge in [-0.15, -0.1) is 0 Å². The van der Waals surface area contributed by atoms with E-state index in [-0.39, 0.29) is 5.91 Å². The van der Waals surface area contributed by atoms with Crippen molar-refractivity contribution in [3.05, 3.63) is 35.3 Å². The van der Waals surface area contributed by atoms with Gasteiger partial charge in [0, 0.05) is 31.4 Å².